The largest absolute Gasteiger partial charge is 0.481 e. The molecule has 2 rings (SSSR count). The quantitative estimate of drug-likeness (QED) is 0.910. The minimum atomic E-state index is -0.939. The molecule has 2 aromatic rings. The van der Waals surface area contributed by atoms with Crippen molar-refractivity contribution < 1.29 is 14.6 Å². The Labute approximate surface area is 122 Å². The lowest BCUT2D eigenvalue weighted by Crippen LogP contribution is -2.03. The number of ether oxygens (including phenoxy) is 1. The molecular formula is C16H14N2O3. The van der Waals surface area contributed by atoms with Crippen LogP contribution in [0.1, 0.15) is 24.0 Å². The predicted molar refractivity (Wildman–Crippen MR) is 76.1 cm³/mol. The second-order valence-corrected chi connectivity index (χ2v) is 4.56. The number of rotatable bonds is 5. The third kappa shape index (κ3) is 3.80. The molecule has 5 nitrogen and oxygen atoms in total. The topological polar surface area (TPSA) is 83.2 Å². The van der Waals surface area contributed by atoms with Gasteiger partial charge >= 0.3 is 5.97 Å². The van der Waals surface area contributed by atoms with Crippen LogP contribution in [0.15, 0.2) is 42.6 Å². The van der Waals surface area contributed by atoms with Crippen molar-refractivity contribution in [1.29, 1.82) is 5.26 Å². The highest BCUT2D eigenvalue weighted by molar-refractivity contribution is 5.71. The summed E-state index contributed by atoms with van der Waals surface area (Å²) in [5.41, 5.74) is 1.41. The summed E-state index contributed by atoms with van der Waals surface area (Å²) in [6.45, 7) is 1.82. The Balaban J connectivity index is 2.19. The van der Waals surface area contributed by atoms with E-state index in [1.165, 1.54) is 0 Å². The van der Waals surface area contributed by atoms with Crippen molar-refractivity contribution in [3.8, 4) is 17.7 Å². The summed E-state index contributed by atoms with van der Waals surface area (Å²) >= 11 is 0. The van der Waals surface area contributed by atoms with Crippen LogP contribution in [-0.4, -0.2) is 16.1 Å². The Hall–Kier alpha value is -2.87. The minimum absolute atomic E-state index is 0.146. The highest BCUT2D eigenvalue weighted by Gasteiger charge is 2.10. The van der Waals surface area contributed by atoms with Gasteiger partial charge in [-0.3, -0.25) is 4.79 Å². The lowest BCUT2D eigenvalue weighted by atomic mass is 10.0. The maximum absolute atomic E-state index is 10.8. The second-order valence-electron chi connectivity index (χ2n) is 4.56. The molecule has 5 heteroatoms. The van der Waals surface area contributed by atoms with Gasteiger partial charge in [0.1, 0.15) is 5.75 Å². The summed E-state index contributed by atoms with van der Waals surface area (Å²) in [5, 5.41) is 17.7. The number of pyridine rings is 1. The average Bonchev–Trinajstić information content (AvgIpc) is 2.49. The first-order chi connectivity index (χ1) is 10.1. The number of benzene rings is 1. The van der Waals surface area contributed by atoms with E-state index in [1.807, 2.05) is 19.1 Å². The van der Waals surface area contributed by atoms with Crippen molar-refractivity contribution in [3.63, 3.8) is 0 Å². The molecule has 0 amide bonds. The summed E-state index contributed by atoms with van der Waals surface area (Å²) in [4.78, 5) is 14.9. The van der Waals surface area contributed by atoms with E-state index in [-0.39, 0.29) is 18.2 Å². The van der Waals surface area contributed by atoms with Gasteiger partial charge in [0.15, 0.2) is 0 Å². The van der Waals surface area contributed by atoms with Crippen molar-refractivity contribution in [2.24, 2.45) is 0 Å². The van der Waals surface area contributed by atoms with E-state index in [0.29, 0.717) is 11.3 Å². The predicted octanol–water partition coefficient (Wildman–Crippen LogP) is 3.13. The fraction of sp³-hybridized carbons (Fsp3) is 0.188. The molecule has 0 aliphatic carbocycles. The molecule has 0 aliphatic rings. The number of aliphatic carboxylic acids is 1. The van der Waals surface area contributed by atoms with Crippen molar-refractivity contribution in [2.45, 2.75) is 19.3 Å². The molecule has 0 aliphatic heterocycles. The van der Waals surface area contributed by atoms with Crippen LogP contribution in [0.2, 0.25) is 0 Å². The van der Waals surface area contributed by atoms with Gasteiger partial charge in [-0.15, -0.1) is 0 Å². The zero-order chi connectivity index (χ0) is 15.2. The maximum Gasteiger partial charge on any atom is 0.308 e. The van der Waals surface area contributed by atoms with Crippen molar-refractivity contribution in [3.05, 3.63) is 53.7 Å². The summed E-state index contributed by atoms with van der Waals surface area (Å²) < 4.78 is 5.62. The Kier molecular flexibility index (Phi) is 4.52. The van der Waals surface area contributed by atoms with Gasteiger partial charge in [0.25, 0.3) is 0 Å². The number of carboxylic acids is 1. The van der Waals surface area contributed by atoms with E-state index in [2.05, 4.69) is 11.1 Å². The van der Waals surface area contributed by atoms with Crippen molar-refractivity contribution in [2.75, 3.05) is 0 Å². The summed E-state index contributed by atoms with van der Waals surface area (Å²) in [6, 6.07) is 12.6. The van der Waals surface area contributed by atoms with Crippen LogP contribution in [-0.2, 0) is 11.2 Å². The summed E-state index contributed by atoms with van der Waals surface area (Å²) in [5.74, 6) is -0.294. The molecule has 1 heterocycles. The molecule has 106 valence electrons. The van der Waals surface area contributed by atoms with Gasteiger partial charge in [-0.1, -0.05) is 18.2 Å². The summed E-state index contributed by atoms with van der Waals surface area (Å²) in [6.07, 6.45) is 1.40. The van der Waals surface area contributed by atoms with E-state index in [0.717, 1.165) is 5.56 Å². The number of carbonyl (C=O) groups is 1. The van der Waals surface area contributed by atoms with Crippen LogP contribution in [0.4, 0.5) is 0 Å². The van der Waals surface area contributed by atoms with E-state index in [4.69, 9.17) is 15.1 Å². The van der Waals surface area contributed by atoms with Gasteiger partial charge in [-0.25, -0.2) is 4.98 Å². The van der Waals surface area contributed by atoms with Crippen LogP contribution in [0.5, 0.6) is 11.6 Å². The van der Waals surface area contributed by atoms with Gasteiger partial charge in [-0.05, 0) is 30.7 Å². The molecular weight excluding hydrogens is 268 g/mol. The normalized spacial score (nSPS) is 11.4. The molecule has 1 N–H and O–H groups in total. The fourth-order valence-corrected chi connectivity index (χ4v) is 1.82. The van der Waals surface area contributed by atoms with Crippen LogP contribution >= 0.6 is 0 Å². The number of hydrogen-bond donors (Lipinski definition) is 1. The number of carboxylic acid groups (broad SMARTS) is 1. The minimum Gasteiger partial charge on any atom is -0.481 e. The van der Waals surface area contributed by atoms with Gasteiger partial charge in [0.05, 0.1) is 18.4 Å². The first-order valence-corrected chi connectivity index (χ1v) is 6.43. The van der Waals surface area contributed by atoms with Gasteiger partial charge in [0.2, 0.25) is 5.88 Å². The van der Waals surface area contributed by atoms with Crippen molar-refractivity contribution in [1.82, 2.24) is 4.98 Å². The van der Waals surface area contributed by atoms with Gasteiger partial charge < -0.3 is 9.84 Å². The zero-order valence-corrected chi connectivity index (χ0v) is 11.5. The van der Waals surface area contributed by atoms with Crippen LogP contribution in [0.3, 0.4) is 0 Å². The molecule has 0 saturated heterocycles. The Morgan fingerprint density at radius 1 is 1.38 bits per heavy atom. The van der Waals surface area contributed by atoms with Gasteiger partial charge in [0, 0.05) is 11.8 Å². The van der Waals surface area contributed by atoms with E-state index in [1.54, 1.807) is 30.5 Å². The molecule has 1 atom stereocenters. The summed E-state index contributed by atoms with van der Waals surface area (Å²) in [7, 11) is 0. The molecule has 0 radical (unpaired) electrons. The molecule has 21 heavy (non-hydrogen) atoms. The first-order valence-electron chi connectivity index (χ1n) is 6.43. The highest BCUT2D eigenvalue weighted by Crippen LogP contribution is 2.25. The fourth-order valence-electron chi connectivity index (χ4n) is 1.82. The monoisotopic (exact) mass is 282 g/mol. The molecule has 0 bridgehead atoms. The lowest BCUT2D eigenvalue weighted by molar-refractivity contribution is -0.136. The third-order valence-corrected chi connectivity index (χ3v) is 2.98. The number of hydrogen-bond acceptors (Lipinski definition) is 4. The third-order valence-electron chi connectivity index (χ3n) is 2.98. The molecule has 1 aromatic heterocycles. The lowest BCUT2D eigenvalue weighted by Gasteiger charge is -2.09. The van der Waals surface area contributed by atoms with Crippen LogP contribution in [0.25, 0.3) is 0 Å². The zero-order valence-electron chi connectivity index (χ0n) is 11.5. The van der Waals surface area contributed by atoms with Crippen LogP contribution in [0, 0.1) is 11.3 Å². The van der Waals surface area contributed by atoms with Crippen molar-refractivity contribution >= 4 is 5.97 Å². The van der Waals surface area contributed by atoms with E-state index >= 15 is 0 Å². The Bertz CT molecular complexity index is 675. The number of aromatic nitrogens is 1. The molecule has 0 saturated carbocycles. The molecule has 0 fully saturated rings. The first kappa shape index (κ1) is 14.5. The Morgan fingerprint density at radius 2 is 2.10 bits per heavy atom. The molecule has 1 unspecified atom stereocenters. The van der Waals surface area contributed by atoms with Gasteiger partial charge in [-0.2, -0.15) is 5.26 Å². The standard InChI is InChI=1S/C16H14N2O3/c1-11(10-17)12-4-6-14(7-5-12)21-16-13(9-15(19)20)3-2-8-18-16/h2-8,11H,9H2,1H3,(H,19,20). The molecule has 1 aromatic carbocycles. The second kappa shape index (κ2) is 6.53. The average molecular weight is 282 g/mol. The SMILES string of the molecule is CC(C#N)c1ccc(Oc2ncccc2CC(=O)O)cc1. The highest BCUT2D eigenvalue weighted by atomic mass is 16.5. The van der Waals surface area contributed by atoms with Crippen LogP contribution < -0.4 is 4.74 Å². The van der Waals surface area contributed by atoms with E-state index in [9.17, 15) is 4.79 Å². The number of nitrogens with zero attached hydrogens (tertiary/aromatic N) is 2. The number of nitriles is 1. The Morgan fingerprint density at radius 3 is 2.71 bits per heavy atom. The molecule has 0 spiro atoms. The van der Waals surface area contributed by atoms with E-state index < -0.39 is 5.97 Å². The maximum atomic E-state index is 10.8. The smallest absolute Gasteiger partial charge is 0.308 e.